The van der Waals surface area contributed by atoms with E-state index in [1.165, 1.54) is 5.56 Å². The molecular weight excluding hydrogens is 312 g/mol. The molecule has 0 atom stereocenters. The van der Waals surface area contributed by atoms with Gasteiger partial charge in [0.1, 0.15) is 0 Å². The monoisotopic (exact) mass is 340 g/mol. The van der Waals surface area contributed by atoms with Crippen LogP contribution in [0, 0.1) is 0 Å². The molecule has 5 heteroatoms. The lowest BCUT2D eigenvalue weighted by Crippen LogP contribution is -2.44. The Kier molecular flexibility index (Phi) is 6.23. The Morgan fingerprint density at radius 1 is 1.20 bits per heavy atom. The Morgan fingerprint density at radius 2 is 1.96 bits per heavy atom. The lowest BCUT2D eigenvalue weighted by Gasteiger charge is -2.33. The maximum atomic E-state index is 12.6. The SMILES string of the molecule is CCN(CCn1cccn1)C(=O)CN1CCC(c2ccccc2)CC1. The van der Waals surface area contributed by atoms with Crippen LogP contribution in [0.4, 0.5) is 0 Å². The quantitative estimate of drug-likeness (QED) is 0.778. The number of aromatic nitrogens is 2. The van der Waals surface area contributed by atoms with Crippen LogP contribution in [0.1, 0.15) is 31.2 Å². The Bertz CT molecular complexity index is 633. The molecule has 1 aliphatic heterocycles. The van der Waals surface area contributed by atoms with Crippen LogP contribution >= 0.6 is 0 Å². The fraction of sp³-hybridized carbons (Fsp3) is 0.500. The maximum Gasteiger partial charge on any atom is 0.236 e. The van der Waals surface area contributed by atoms with Crippen molar-refractivity contribution in [1.29, 1.82) is 0 Å². The third-order valence-electron chi connectivity index (χ3n) is 5.11. The molecule has 0 aliphatic carbocycles. The smallest absolute Gasteiger partial charge is 0.236 e. The zero-order valence-electron chi connectivity index (χ0n) is 15.1. The number of hydrogen-bond acceptors (Lipinski definition) is 3. The summed E-state index contributed by atoms with van der Waals surface area (Å²) in [6.45, 7) is 6.81. The average Bonchev–Trinajstić information content (AvgIpc) is 3.17. The fourth-order valence-electron chi connectivity index (χ4n) is 3.56. The first-order chi connectivity index (χ1) is 12.3. The van der Waals surface area contributed by atoms with Gasteiger partial charge in [0.15, 0.2) is 0 Å². The van der Waals surface area contributed by atoms with E-state index in [1.54, 1.807) is 6.20 Å². The second-order valence-corrected chi connectivity index (χ2v) is 6.70. The molecule has 3 rings (SSSR count). The van der Waals surface area contributed by atoms with Gasteiger partial charge in [0.2, 0.25) is 5.91 Å². The molecule has 2 aromatic rings. The van der Waals surface area contributed by atoms with Crippen LogP contribution in [0.15, 0.2) is 48.8 Å². The lowest BCUT2D eigenvalue weighted by atomic mass is 9.89. The molecule has 1 fully saturated rings. The Balaban J connectivity index is 1.44. The predicted octanol–water partition coefficient (Wildman–Crippen LogP) is 2.61. The van der Waals surface area contributed by atoms with Gasteiger partial charge in [-0.25, -0.2) is 0 Å². The summed E-state index contributed by atoms with van der Waals surface area (Å²) >= 11 is 0. The molecule has 0 unspecified atom stereocenters. The molecule has 1 aromatic carbocycles. The number of amides is 1. The van der Waals surface area contributed by atoms with Crippen molar-refractivity contribution in [3.63, 3.8) is 0 Å². The van der Waals surface area contributed by atoms with Gasteiger partial charge < -0.3 is 4.90 Å². The number of carbonyl (C=O) groups excluding carboxylic acids is 1. The van der Waals surface area contributed by atoms with Crippen LogP contribution in [-0.2, 0) is 11.3 Å². The van der Waals surface area contributed by atoms with Gasteiger partial charge in [0.25, 0.3) is 0 Å². The summed E-state index contributed by atoms with van der Waals surface area (Å²) in [4.78, 5) is 16.8. The predicted molar refractivity (Wildman–Crippen MR) is 99.3 cm³/mol. The van der Waals surface area contributed by atoms with Crippen molar-refractivity contribution in [2.45, 2.75) is 32.2 Å². The highest BCUT2D eigenvalue weighted by Gasteiger charge is 2.23. The third-order valence-corrected chi connectivity index (χ3v) is 5.11. The van der Waals surface area contributed by atoms with Gasteiger partial charge in [-0.1, -0.05) is 30.3 Å². The summed E-state index contributed by atoms with van der Waals surface area (Å²) in [6.07, 6.45) is 5.98. The van der Waals surface area contributed by atoms with E-state index in [9.17, 15) is 4.79 Å². The Hall–Kier alpha value is -2.14. The standard InChI is InChI=1S/C20H28N4O/c1-2-23(15-16-24-12-6-11-21-24)20(25)17-22-13-9-19(10-14-22)18-7-4-3-5-8-18/h3-8,11-12,19H,2,9-10,13-17H2,1H3. The summed E-state index contributed by atoms with van der Waals surface area (Å²) < 4.78 is 1.88. The molecule has 1 aliphatic rings. The number of nitrogens with zero attached hydrogens (tertiary/aromatic N) is 4. The van der Waals surface area contributed by atoms with Crippen molar-refractivity contribution in [2.24, 2.45) is 0 Å². The molecule has 5 nitrogen and oxygen atoms in total. The van der Waals surface area contributed by atoms with Crippen LogP contribution in [0.5, 0.6) is 0 Å². The first-order valence-electron chi connectivity index (χ1n) is 9.28. The molecule has 1 aromatic heterocycles. The minimum Gasteiger partial charge on any atom is -0.340 e. The molecule has 134 valence electrons. The Labute approximate surface area is 150 Å². The number of piperidine rings is 1. The number of benzene rings is 1. The van der Waals surface area contributed by atoms with Crippen molar-refractivity contribution in [2.75, 3.05) is 32.7 Å². The van der Waals surface area contributed by atoms with Crippen molar-refractivity contribution in [1.82, 2.24) is 19.6 Å². The molecule has 0 bridgehead atoms. The summed E-state index contributed by atoms with van der Waals surface area (Å²) in [5.41, 5.74) is 1.43. The fourth-order valence-corrected chi connectivity index (χ4v) is 3.56. The minimum atomic E-state index is 0.229. The molecule has 2 heterocycles. The van der Waals surface area contributed by atoms with Crippen LogP contribution in [0.25, 0.3) is 0 Å². The van der Waals surface area contributed by atoms with Gasteiger partial charge in [-0.05, 0) is 50.4 Å². The number of rotatable bonds is 7. The van der Waals surface area contributed by atoms with E-state index in [0.717, 1.165) is 45.6 Å². The van der Waals surface area contributed by atoms with Crippen molar-refractivity contribution in [3.05, 3.63) is 54.4 Å². The minimum absolute atomic E-state index is 0.229. The molecule has 0 saturated carbocycles. The second kappa shape index (κ2) is 8.81. The second-order valence-electron chi connectivity index (χ2n) is 6.70. The first kappa shape index (κ1) is 17.7. The highest BCUT2D eigenvalue weighted by Crippen LogP contribution is 2.27. The van der Waals surface area contributed by atoms with Crippen LogP contribution in [0.3, 0.4) is 0 Å². The molecule has 1 amide bonds. The van der Waals surface area contributed by atoms with E-state index in [2.05, 4.69) is 40.3 Å². The van der Waals surface area contributed by atoms with Gasteiger partial charge in [0.05, 0.1) is 13.1 Å². The molecule has 1 saturated heterocycles. The maximum absolute atomic E-state index is 12.6. The van der Waals surface area contributed by atoms with Gasteiger partial charge >= 0.3 is 0 Å². The Morgan fingerprint density at radius 3 is 2.60 bits per heavy atom. The van der Waals surface area contributed by atoms with Gasteiger partial charge in [-0.15, -0.1) is 0 Å². The van der Waals surface area contributed by atoms with Crippen LogP contribution in [-0.4, -0.2) is 58.2 Å². The summed E-state index contributed by atoms with van der Waals surface area (Å²) in [5, 5.41) is 4.20. The topological polar surface area (TPSA) is 41.4 Å². The summed E-state index contributed by atoms with van der Waals surface area (Å²) in [7, 11) is 0. The molecule has 0 radical (unpaired) electrons. The van der Waals surface area contributed by atoms with Crippen LogP contribution in [0.2, 0.25) is 0 Å². The number of likely N-dealkylation sites (N-methyl/N-ethyl adjacent to an activating group) is 1. The highest BCUT2D eigenvalue weighted by molar-refractivity contribution is 5.78. The van der Waals surface area contributed by atoms with E-state index < -0.39 is 0 Å². The molecule has 0 N–H and O–H groups in total. The van der Waals surface area contributed by atoms with E-state index in [1.807, 2.05) is 28.8 Å². The van der Waals surface area contributed by atoms with E-state index in [4.69, 9.17) is 0 Å². The number of likely N-dealkylation sites (tertiary alicyclic amines) is 1. The number of carbonyl (C=O) groups is 1. The highest BCUT2D eigenvalue weighted by atomic mass is 16.2. The molecule has 0 spiro atoms. The van der Waals surface area contributed by atoms with Gasteiger partial charge in [0, 0.05) is 25.5 Å². The average molecular weight is 340 g/mol. The van der Waals surface area contributed by atoms with E-state index in [-0.39, 0.29) is 5.91 Å². The van der Waals surface area contributed by atoms with Crippen molar-refractivity contribution in [3.8, 4) is 0 Å². The molecular formula is C20H28N4O. The normalized spacial score (nSPS) is 16.0. The lowest BCUT2D eigenvalue weighted by molar-refractivity contribution is -0.132. The first-order valence-corrected chi connectivity index (χ1v) is 9.28. The van der Waals surface area contributed by atoms with Crippen molar-refractivity contribution < 1.29 is 4.79 Å². The summed E-state index contributed by atoms with van der Waals surface area (Å²) in [5.74, 6) is 0.863. The zero-order chi connectivity index (χ0) is 17.5. The van der Waals surface area contributed by atoms with E-state index in [0.29, 0.717) is 12.5 Å². The summed E-state index contributed by atoms with van der Waals surface area (Å²) in [6, 6.07) is 12.7. The third kappa shape index (κ3) is 4.92. The van der Waals surface area contributed by atoms with Crippen LogP contribution < -0.4 is 0 Å². The van der Waals surface area contributed by atoms with Gasteiger partial charge in [-0.2, -0.15) is 5.10 Å². The number of hydrogen-bond donors (Lipinski definition) is 0. The zero-order valence-corrected chi connectivity index (χ0v) is 15.1. The molecule has 25 heavy (non-hydrogen) atoms. The van der Waals surface area contributed by atoms with E-state index >= 15 is 0 Å². The largest absolute Gasteiger partial charge is 0.340 e. The van der Waals surface area contributed by atoms with Gasteiger partial charge in [-0.3, -0.25) is 14.4 Å². The van der Waals surface area contributed by atoms with Crippen molar-refractivity contribution >= 4 is 5.91 Å².